The van der Waals surface area contributed by atoms with E-state index in [2.05, 4.69) is 6.07 Å². The van der Waals surface area contributed by atoms with Gasteiger partial charge in [-0.2, -0.15) is 5.10 Å². The second-order valence-corrected chi connectivity index (χ2v) is 8.45. The summed E-state index contributed by atoms with van der Waals surface area (Å²) >= 11 is 6.18. The van der Waals surface area contributed by atoms with Gasteiger partial charge in [-0.25, -0.2) is 5.01 Å². The molecule has 5 heteroatoms. The summed E-state index contributed by atoms with van der Waals surface area (Å²) in [7, 11) is 0. The Morgan fingerprint density at radius 2 is 1.62 bits per heavy atom. The predicted molar refractivity (Wildman–Crippen MR) is 130 cm³/mol. The van der Waals surface area contributed by atoms with Gasteiger partial charge in [0.15, 0.2) is 0 Å². The minimum Gasteiger partial charge on any atom is -0.273 e. The number of aromatic nitrogens is 1. The first-order valence-corrected chi connectivity index (χ1v) is 11.0. The first-order valence-electron chi connectivity index (χ1n) is 10.6. The Hall–Kier alpha value is -3.50. The predicted octanol–water partition coefficient (Wildman–Crippen LogP) is 6.56. The van der Waals surface area contributed by atoms with Crippen molar-refractivity contribution in [1.82, 2.24) is 9.99 Å². The van der Waals surface area contributed by atoms with Crippen molar-refractivity contribution in [2.45, 2.75) is 26.3 Å². The molecule has 4 aromatic rings. The van der Waals surface area contributed by atoms with Crippen molar-refractivity contribution in [1.29, 1.82) is 0 Å². The molecule has 1 aliphatic heterocycles. The van der Waals surface area contributed by atoms with E-state index in [4.69, 9.17) is 21.7 Å². The Balaban J connectivity index is 1.73. The molecule has 0 spiro atoms. The second kappa shape index (κ2) is 8.21. The number of hydrazone groups is 1. The summed E-state index contributed by atoms with van der Waals surface area (Å²) in [6.07, 6.45) is 0.630. The van der Waals surface area contributed by atoms with Gasteiger partial charge in [-0.05, 0) is 36.2 Å². The Morgan fingerprint density at radius 1 is 0.938 bits per heavy atom. The lowest BCUT2D eigenvalue weighted by atomic mass is 9.89. The maximum absolute atomic E-state index is 12.5. The number of rotatable bonds is 3. The van der Waals surface area contributed by atoms with E-state index < -0.39 is 0 Å². The van der Waals surface area contributed by atoms with Crippen LogP contribution in [-0.2, 0) is 4.79 Å². The van der Waals surface area contributed by atoms with E-state index in [1.165, 1.54) is 0 Å². The molecule has 5 rings (SSSR count). The number of fused-ring (bicyclic) bond motifs is 1. The van der Waals surface area contributed by atoms with Crippen LogP contribution in [0.1, 0.15) is 36.2 Å². The molecule has 4 nitrogen and oxygen atoms in total. The zero-order valence-corrected chi connectivity index (χ0v) is 18.7. The minimum atomic E-state index is -0.132. The average molecular weight is 440 g/mol. The first kappa shape index (κ1) is 20.4. The lowest BCUT2D eigenvalue weighted by molar-refractivity contribution is -0.130. The van der Waals surface area contributed by atoms with Gasteiger partial charge in [0.1, 0.15) is 0 Å². The molecule has 0 bridgehead atoms. The highest BCUT2D eigenvalue weighted by Crippen LogP contribution is 2.39. The van der Waals surface area contributed by atoms with Gasteiger partial charge < -0.3 is 0 Å². The molecular formula is C27H22ClN3O. The summed E-state index contributed by atoms with van der Waals surface area (Å²) in [5, 5.41) is 8.17. The van der Waals surface area contributed by atoms with Gasteiger partial charge in [0.25, 0.3) is 0 Å². The van der Waals surface area contributed by atoms with Crippen molar-refractivity contribution >= 4 is 34.1 Å². The third-order valence-corrected chi connectivity index (χ3v) is 6.16. The van der Waals surface area contributed by atoms with Crippen molar-refractivity contribution in [3.05, 3.63) is 101 Å². The van der Waals surface area contributed by atoms with Gasteiger partial charge >= 0.3 is 0 Å². The largest absolute Gasteiger partial charge is 0.273 e. The van der Waals surface area contributed by atoms with E-state index in [0.29, 0.717) is 11.4 Å². The van der Waals surface area contributed by atoms with Crippen LogP contribution in [0.5, 0.6) is 0 Å². The first-order chi connectivity index (χ1) is 15.5. The topological polar surface area (TPSA) is 45.6 Å². The molecule has 1 amide bonds. The molecule has 158 valence electrons. The Bertz CT molecular complexity index is 1350. The van der Waals surface area contributed by atoms with E-state index in [0.717, 1.165) is 44.6 Å². The van der Waals surface area contributed by atoms with Crippen LogP contribution in [-0.4, -0.2) is 21.6 Å². The maximum Gasteiger partial charge on any atom is 0.240 e. The summed E-state index contributed by atoms with van der Waals surface area (Å²) in [4.78, 5) is 17.4. The normalized spacial score (nSPS) is 15.8. The molecule has 32 heavy (non-hydrogen) atoms. The summed E-state index contributed by atoms with van der Waals surface area (Å²) in [6, 6.07) is 25.9. The quantitative estimate of drug-likeness (QED) is 0.362. The summed E-state index contributed by atoms with van der Waals surface area (Å²) in [5.41, 5.74) is 6.86. The highest BCUT2D eigenvalue weighted by Gasteiger charge is 2.33. The van der Waals surface area contributed by atoms with E-state index in [1.807, 2.05) is 79.7 Å². The van der Waals surface area contributed by atoms with Crippen molar-refractivity contribution < 1.29 is 4.79 Å². The molecule has 0 aliphatic carbocycles. The Morgan fingerprint density at radius 3 is 2.34 bits per heavy atom. The smallest absolute Gasteiger partial charge is 0.240 e. The fraction of sp³-hybridized carbons (Fsp3) is 0.148. The molecule has 3 aromatic carbocycles. The van der Waals surface area contributed by atoms with Crippen molar-refractivity contribution in [3.63, 3.8) is 0 Å². The summed E-state index contributed by atoms with van der Waals surface area (Å²) < 4.78 is 0. The van der Waals surface area contributed by atoms with Gasteiger partial charge in [0, 0.05) is 40.6 Å². The number of pyridine rings is 1. The number of hydrogen-bond donors (Lipinski definition) is 0. The molecule has 0 fully saturated rings. The number of halogens is 1. The average Bonchev–Trinajstić information content (AvgIpc) is 3.25. The molecule has 0 radical (unpaired) electrons. The van der Waals surface area contributed by atoms with E-state index in [1.54, 1.807) is 11.9 Å². The zero-order valence-electron chi connectivity index (χ0n) is 17.9. The molecule has 0 N–H and O–H groups in total. The number of hydrogen-bond acceptors (Lipinski definition) is 3. The number of nitrogens with zero attached hydrogens (tertiary/aromatic N) is 3. The van der Waals surface area contributed by atoms with Crippen LogP contribution in [0.25, 0.3) is 22.0 Å². The third-order valence-electron chi connectivity index (χ3n) is 5.91. The number of benzene rings is 3. The van der Waals surface area contributed by atoms with Gasteiger partial charge in [-0.15, -0.1) is 0 Å². The third kappa shape index (κ3) is 3.57. The number of amides is 1. The van der Waals surface area contributed by atoms with Gasteiger partial charge in [0.05, 0.1) is 17.3 Å². The van der Waals surface area contributed by atoms with E-state index in [9.17, 15) is 4.79 Å². The molecule has 1 atom stereocenters. The number of para-hydroxylation sites is 1. The van der Waals surface area contributed by atoms with Crippen molar-refractivity contribution in [3.8, 4) is 11.1 Å². The van der Waals surface area contributed by atoms with Gasteiger partial charge in [-0.3, -0.25) is 9.78 Å². The van der Waals surface area contributed by atoms with Gasteiger partial charge in [-0.1, -0.05) is 72.3 Å². The maximum atomic E-state index is 12.5. The zero-order chi connectivity index (χ0) is 22.2. The van der Waals surface area contributed by atoms with Crippen LogP contribution < -0.4 is 0 Å². The van der Waals surface area contributed by atoms with Crippen molar-refractivity contribution in [2.75, 3.05) is 0 Å². The fourth-order valence-electron chi connectivity index (χ4n) is 4.49. The van der Waals surface area contributed by atoms with Crippen molar-refractivity contribution in [2.24, 2.45) is 5.10 Å². The van der Waals surface area contributed by atoms with E-state index >= 15 is 0 Å². The molecule has 1 unspecified atom stereocenters. The highest BCUT2D eigenvalue weighted by molar-refractivity contribution is 6.30. The molecule has 1 aromatic heterocycles. The molecule has 0 saturated heterocycles. The lowest BCUT2D eigenvalue weighted by Gasteiger charge is -2.20. The molecule has 2 heterocycles. The summed E-state index contributed by atoms with van der Waals surface area (Å²) in [5.74, 6) is -0.0757. The molecule has 1 aliphatic rings. The standard InChI is InChI=1S/C27H22ClN3O/c1-17-26(24-16-25(31(30-24)18(2)32)19-8-4-3-5-9-19)27(20-12-14-21(28)15-13-20)22-10-6-7-11-23(22)29-17/h3-15,25H,16H2,1-2H3. The fourth-order valence-corrected chi connectivity index (χ4v) is 4.62. The number of aryl methyl sites for hydroxylation is 1. The van der Waals surface area contributed by atoms with Crippen LogP contribution >= 0.6 is 11.6 Å². The minimum absolute atomic E-state index is 0.0757. The SMILES string of the molecule is CC(=O)N1N=C(c2c(C)nc3ccccc3c2-c2ccc(Cl)cc2)CC1c1ccccc1. The summed E-state index contributed by atoms with van der Waals surface area (Å²) in [6.45, 7) is 3.58. The van der Waals surface area contributed by atoms with Crippen LogP contribution in [0.2, 0.25) is 5.02 Å². The molecule has 0 saturated carbocycles. The second-order valence-electron chi connectivity index (χ2n) is 8.01. The molecular weight excluding hydrogens is 418 g/mol. The number of carbonyl (C=O) groups excluding carboxylic acids is 1. The van der Waals surface area contributed by atoms with Crippen LogP contribution in [0.15, 0.2) is 84.0 Å². The van der Waals surface area contributed by atoms with Crippen LogP contribution in [0.3, 0.4) is 0 Å². The van der Waals surface area contributed by atoms with Crippen LogP contribution in [0, 0.1) is 6.92 Å². The monoisotopic (exact) mass is 439 g/mol. The number of carbonyl (C=O) groups is 1. The van der Waals surface area contributed by atoms with E-state index in [-0.39, 0.29) is 11.9 Å². The van der Waals surface area contributed by atoms with Crippen LogP contribution in [0.4, 0.5) is 0 Å². The highest BCUT2D eigenvalue weighted by atomic mass is 35.5. The van der Waals surface area contributed by atoms with Gasteiger partial charge in [0.2, 0.25) is 5.91 Å². The lowest BCUT2D eigenvalue weighted by Crippen LogP contribution is -2.24. The Kier molecular flexibility index (Phi) is 5.24. The Labute approximate surface area is 192 Å².